The topological polar surface area (TPSA) is 65.0 Å². The molecule has 14 aromatic rings. The summed E-state index contributed by atoms with van der Waals surface area (Å²) in [5, 5.41) is 7.73. The van der Waals surface area contributed by atoms with Gasteiger partial charge in [0.15, 0.2) is 5.82 Å². The van der Waals surface area contributed by atoms with E-state index >= 15 is 0 Å². The van der Waals surface area contributed by atoms with Crippen LogP contribution in [-0.2, 0) is 0 Å². The first-order valence-corrected chi connectivity index (χ1v) is 23.6. The molecule has 4 aromatic heterocycles. The summed E-state index contributed by atoms with van der Waals surface area (Å²) < 4.78 is 13.1. The van der Waals surface area contributed by atoms with Crippen LogP contribution in [0.3, 0.4) is 0 Å². The second kappa shape index (κ2) is 16.1. The van der Waals surface area contributed by atoms with E-state index in [1.54, 1.807) is 0 Å². The van der Waals surface area contributed by atoms with Gasteiger partial charge in [0, 0.05) is 71.1 Å². The Morgan fingerprint density at radius 1 is 0.286 bits per heavy atom. The quantitative estimate of drug-likeness (QED) is 0.149. The summed E-state index contributed by atoms with van der Waals surface area (Å²) in [6.45, 7) is 0. The van der Waals surface area contributed by atoms with E-state index in [-0.39, 0.29) is 0 Å². The van der Waals surface area contributed by atoms with Gasteiger partial charge in [-0.1, -0.05) is 200 Å². The molecule has 4 heterocycles. The van der Waals surface area contributed by atoms with E-state index in [1.165, 1.54) is 0 Å². The Kier molecular flexibility index (Phi) is 9.14. The number of furan rings is 2. The Labute approximate surface area is 402 Å². The van der Waals surface area contributed by atoms with Crippen LogP contribution in [0.25, 0.3) is 144 Å². The molecule has 0 bridgehead atoms. The zero-order chi connectivity index (χ0) is 46.1. The number of pyridine rings is 1. The number of para-hydroxylation sites is 4. The van der Waals surface area contributed by atoms with Crippen LogP contribution >= 0.6 is 0 Å². The van der Waals surface area contributed by atoms with Gasteiger partial charge in [-0.2, -0.15) is 0 Å². The lowest BCUT2D eigenvalue weighted by Crippen LogP contribution is -1.96. The van der Waals surface area contributed by atoms with Crippen LogP contribution < -0.4 is 0 Å². The third kappa shape index (κ3) is 6.59. The van der Waals surface area contributed by atoms with Crippen molar-refractivity contribution in [3.8, 4) is 78.5 Å². The Morgan fingerprint density at radius 3 is 1.57 bits per heavy atom. The number of rotatable bonds is 7. The van der Waals surface area contributed by atoms with Crippen LogP contribution in [0.2, 0.25) is 0 Å². The molecule has 0 radical (unpaired) electrons. The Morgan fingerprint density at radius 2 is 0.829 bits per heavy atom. The largest absolute Gasteiger partial charge is 0.456 e. The fourth-order valence-corrected chi connectivity index (χ4v) is 10.4. The van der Waals surface area contributed by atoms with Crippen molar-refractivity contribution in [1.29, 1.82) is 0 Å². The SMILES string of the molecule is c1ccc(-c2cc(-c3ccc(-c4ccc(-c5c6c(cc7c(-c8ccccc8)nc8ccccc8c57)oc5ccccc56)cc4)cc3)nc(-c3cccc(-c4cccc5c4oc4ccccc45)c3)n2)cc1. The Balaban J connectivity index is 0.860. The van der Waals surface area contributed by atoms with Gasteiger partial charge >= 0.3 is 0 Å². The van der Waals surface area contributed by atoms with Crippen LogP contribution in [0.1, 0.15) is 0 Å². The van der Waals surface area contributed by atoms with Crippen molar-refractivity contribution in [2.24, 2.45) is 0 Å². The zero-order valence-electron chi connectivity index (χ0n) is 37.7. The molecule has 0 saturated heterocycles. The minimum Gasteiger partial charge on any atom is -0.456 e. The smallest absolute Gasteiger partial charge is 0.160 e. The predicted molar refractivity (Wildman–Crippen MR) is 287 cm³/mol. The van der Waals surface area contributed by atoms with E-state index in [0.717, 1.165) is 138 Å². The number of benzene rings is 10. The molecule has 0 aliphatic carbocycles. The van der Waals surface area contributed by atoms with Crippen molar-refractivity contribution in [3.05, 3.63) is 237 Å². The number of hydrogen-bond donors (Lipinski definition) is 0. The molecule has 5 nitrogen and oxygen atoms in total. The molecular formula is C65H39N3O2. The third-order valence-corrected chi connectivity index (χ3v) is 13.7. The van der Waals surface area contributed by atoms with Crippen molar-refractivity contribution in [2.45, 2.75) is 0 Å². The van der Waals surface area contributed by atoms with Gasteiger partial charge in [0.2, 0.25) is 0 Å². The molecule has 0 saturated carbocycles. The maximum Gasteiger partial charge on any atom is 0.160 e. The van der Waals surface area contributed by atoms with E-state index in [0.29, 0.717) is 5.82 Å². The van der Waals surface area contributed by atoms with Crippen LogP contribution in [0, 0.1) is 0 Å². The molecule has 14 rings (SSSR count). The normalized spacial score (nSPS) is 11.7. The highest BCUT2D eigenvalue weighted by atomic mass is 16.3. The Bertz CT molecular complexity index is 4330. The van der Waals surface area contributed by atoms with Crippen molar-refractivity contribution < 1.29 is 8.83 Å². The van der Waals surface area contributed by atoms with Crippen molar-refractivity contribution in [3.63, 3.8) is 0 Å². The van der Waals surface area contributed by atoms with E-state index in [2.05, 4.69) is 194 Å². The van der Waals surface area contributed by atoms with Crippen molar-refractivity contribution in [2.75, 3.05) is 0 Å². The summed E-state index contributed by atoms with van der Waals surface area (Å²) >= 11 is 0. The molecule has 0 fully saturated rings. The van der Waals surface area contributed by atoms with Crippen molar-refractivity contribution in [1.82, 2.24) is 15.0 Å². The molecule has 0 spiro atoms. The fourth-order valence-electron chi connectivity index (χ4n) is 10.4. The molecular weight excluding hydrogens is 855 g/mol. The minimum absolute atomic E-state index is 0.655. The average molecular weight is 894 g/mol. The summed E-state index contributed by atoms with van der Waals surface area (Å²) in [5.41, 5.74) is 17.6. The average Bonchev–Trinajstić information content (AvgIpc) is 4.01. The molecule has 70 heavy (non-hydrogen) atoms. The van der Waals surface area contributed by atoms with Gasteiger partial charge < -0.3 is 8.83 Å². The maximum atomic E-state index is 6.64. The van der Waals surface area contributed by atoms with Gasteiger partial charge in [-0.15, -0.1) is 0 Å². The van der Waals surface area contributed by atoms with Gasteiger partial charge in [-0.3, -0.25) is 0 Å². The molecule has 0 atom stereocenters. The maximum absolute atomic E-state index is 6.64. The summed E-state index contributed by atoms with van der Waals surface area (Å²) in [7, 11) is 0. The summed E-state index contributed by atoms with van der Waals surface area (Å²) in [6.07, 6.45) is 0. The Hall–Kier alpha value is -9.45. The number of fused-ring (bicyclic) bond motifs is 9. The number of hydrogen-bond acceptors (Lipinski definition) is 5. The first-order valence-electron chi connectivity index (χ1n) is 23.6. The van der Waals surface area contributed by atoms with Gasteiger partial charge in [-0.25, -0.2) is 15.0 Å². The fraction of sp³-hybridized carbons (Fsp3) is 0. The van der Waals surface area contributed by atoms with E-state index < -0.39 is 0 Å². The van der Waals surface area contributed by atoms with E-state index in [9.17, 15) is 0 Å². The van der Waals surface area contributed by atoms with Crippen LogP contribution in [0.4, 0.5) is 0 Å². The molecule has 326 valence electrons. The van der Waals surface area contributed by atoms with Gasteiger partial charge in [0.05, 0.1) is 22.6 Å². The molecule has 10 aromatic carbocycles. The number of nitrogens with zero attached hydrogens (tertiary/aromatic N) is 3. The third-order valence-electron chi connectivity index (χ3n) is 13.7. The van der Waals surface area contributed by atoms with Crippen LogP contribution in [0.15, 0.2) is 245 Å². The summed E-state index contributed by atoms with van der Waals surface area (Å²) in [5.74, 6) is 0.655. The van der Waals surface area contributed by atoms with Crippen LogP contribution in [-0.4, -0.2) is 15.0 Å². The van der Waals surface area contributed by atoms with E-state index in [1.807, 2.05) is 42.5 Å². The molecule has 0 unspecified atom stereocenters. The lowest BCUT2D eigenvalue weighted by atomic mass is 9.89. The second-order valence-electron chi connectivity index (χ2n) is 17.8. The summed E-state index contributed by atoms with van der Waals surface area (Å²) in [4.78, 5) is 15.7. The molecule has 0 amide bonds. The molecule has 0 N–H and O–H groups in total. The van der Waals surface area contributed by atoms with Gasteiger partial charge in [-0.05, 0) is 58.7 Å². The number of aromatic nitrogens is 3. The highest BCUT2D eigenvalue weighted by Crippen LogP contribution is 2.47. The highest BCUT2D eigenvalue weighted by Gasteiger charge is 2.22. The van der Waals surface area contributed by atoms with Gasteiger partial charge in [0.25, 0.3) is 0 Å². The first-order chi connectivity index (χ1) is 34.7. The van der Waals surface area contributed by atoms with Crippen molar-refractivity contribution >= 4 is 65.6 Å². The summed E-state index contributed by atoms with van der Waals surface area (Å²) in [6, 6.07) is 82.6. The molecule has 0 aliphatic heterocycles. The van der Waals surface area contributed by atoms with E-state index in [4.69, 9.17) is 23.8 Å². The lowest BCUT2D eigenvalue weighted by Gasteiger charge is -2.16. The highest BCUT2D eigenvalue weighted by molar-refractivity contribution is 6.27. The standard InChI is InChI=1S/C65H39N3O2/c1-3-15-42(16-4-1)55-39-56(68-65(67-55)47-20-13-19-46(37-47)48-24-14-25-50-49-21-8-11-27-57(49)70-64(48)50)43-33-29-40(30-34-43)41-31-35-44(36-32-41)60-61-51-22-7-10-26-54(51)66-63(45-17-5-2-6-18-45)53(61)38-59-62(60)52-23-9-12-28-58(52)69-59/h1-39H. The zero-order valence-corrected chi connectivity index (χ0v) is 37.7. The first kappa shape index (κ1) is 39.7. The molecule has 0 aliphatic rings. The minimum atomic E-state index is 0.655. The predicted octanol–water partition coefficient (Wildman–Crippen LogP) is 17.6. The van der Waals surface area contributed by atoms with Crippen LogP contribution in [0.5, 0.6) is 0 Å². The monoisotopic (exact) mass is 893 g/mol. The second-order valence-corrected chi connectivity index (χ2v) is 17.8. The lowest BCUT2D eigenvalue weighted by molar-refractivity contribution is 0.669. The van der Waals surface area contributed by atoms with Gasteiger partial charge in [0.1, 0.15) is 22.3 Å². The molecule has 5 heteroatoms.